The van der Waals surface area contributed by atoms with Crippen molar-refractivity contribution in [3.05, 3.63) is 68.2 Å². The molecule has 0 spiro atoms. The van der Waals surface area contributed by atoms with E-state index in [1.807, 2.05) is 17.5 Å². The SMILES string of the molecule is CSc1ccc([C@H](c2c(NC(=O)c3cccs3)sc(C)c2C)N2CCN(C)CC2)cc1. The number of hydrogen-bond donors (Lipinski definition) is 1. The van der Waals surface area contributed by atoms with Crippen molar-refractivity contribution in [3.63, 3.8) is 0 Å². The van der Waals surface area contributed by atoms with Gasteiger partial charge < -0.3 is 10.2 Å². The molecule has 0 radical (unpaired) electrons. The standard InChI is InChI=1S/C24H29N3OS3/c1-16-17(2)31-24(25-23(28)20-6-5-15-30-20)21(16)22(27-13-11-26(3)12-14-27)18-7-9-19(29-4)10-8-18/h5-10,15,22H,11-14H2,1-4H3,(H,25,28)/t22-/m1/s1. The number of thiophene rings is 2. The van der Waals surface area contributed by atoms with Crippen LogP contribution in [0.3, 0.4) is 0 Å². The lowest BCUT2D eigenvalue weighted by Gasteiger charge is -2.39. The van der Waals surface area contributed by atoms with Gasteiger partial charge in [-0.15, -0.1) is 34.4 Å². The van der Waals surface area contributed by atoms with Crippen LogP contribution in [0.15, 0.2) is 46.7 Å². The zero-order valence-electron chi connectivity index (χ0n) is 18.5. The molecule has 0 bridgehead atoms. The van der Waals surface area contributed by atoms with Crippen molar-refractivity contribution < 1.29 is 4.79 Å². The Morgan fingerprint density at radius 1 is 1.10 bits per heavy atom. The van der Waals surface area contributed by atoms with Gasteiger partial charge in [-0.2, -0.15) is 0 Å². The van der Waals surface area contributed by atoms with Crippen LogP contribution in [0.5, 0.6) is 0 Å². The molecule has 1 fully saturated rings. The number of likely N-dealkylation sites (N-methyl/N-ethyl adjacent to an activating group) is 1. The minimum Gasteiger partial charge on any atom is -0.313 e. The third-order valence-electron chi connectivity index (χ3n) is 6.01. The predicted molar refractivity (Wildman–Crippen MR) is 135 cm³/mol. The Kier molecular flexibility index (Phi) is 7.19. The molecule has 1 aliphatic heterocycles. The zero-order valence-corrected chi connectivity index (χ0v) is 20.9. The first-order chi connectivity index (χ1) is 15.0. The molecule has 31 heavy (non-hydrogen) atoms. The van der Waals surface area contributed by atoms with Gasteiger partial charge in [0.05, 0.1) is 10.9 Å². The number of hydrogen-bond acceptors (Lipinski definition) is 6. The average Bonchev–Trinajstić information content (AvgIpc) is 3.40. The van der Waals surface area contributed by atoms with Gasteiger partial charge in [-0.3, -0.25) is 9.69 Å². The second kappa shape index (κ2) is 9.88. The van der Waals surface area contributed by atoms with E-state index in [1.165, 1.54) is 37.8 Å². The molecule has 0 unspecified atom stereocenters. The summed E-state index contributed by atoms with van der Waals surface area (Å²) in [5, 5.41) is 6.17. The second-order valence-electron chi connectivity index (χ2n) is 7.97. The quantitative estimate of drug-likeness (QED) is 0.465. The molecule has 1 N–H and O–H groups in total. The highest BCUT2D eigenvalue weighted by Crippen LogP contribution is 2.43. The van der Waals surface area contributed by atoms with Crippen molar-refractivity contribution in [2.75, 3.05) is 44.8 Å². The van der Waals surface area contributed by atoms with Crippen molar-refractivity contribution in [2.24, 2.45) is 0 Å². The monoisotopic (exact) mass is 471 g/mol. The first-order valence-electron chi connectivity index (χ1n) is 10.5. The molecule has 3 aromatic rings. The molecule has 3 heterocycles. The number of nitrogens with one attached hydrogen (secondary N) is 1. The van der Waals surface area contributed by atoms with Gasteiger partial charge in [0.15, 0.2) is 0 Å². The molecule has 1 saturated heterocycles. The number of aryl methyl sites for hydroxylation is 1. The number of thioether (sulfide) groups is 1. The summed E-state index contributed by atoms with van der Waals surface area (Å²) in [6.07, 6.45) is 2.11. The molecule has 7 heteroatoms. The largest absolute Gasteiger partial charge is 0.313 e. The minimum absolute atomic E-state index is 0.0210. The number of piperazine rings is 1. The summed E-state index contributed by atoms with van der Waals surface area (Å²) in [4.78, 5) is 21.1. The van der Waals surface area contributed by atoms with Crippen LogP contribution in [0.4, 0.5) is 5.00 Å². The molecule has 1 atom stereocenters. The van der Waals surface area contributed by atoms with E-state index in [1.54, 1.807) is 23.1 Å². The highest BCUT2D eigenvalue weighted by molar-refractivity contribution is 7.98. The fourth-order valence-corrected chi connectivity index (χ4v) is 6.18. The summed E-state index contributed by atoms with van der Waals surface area (Å²) in [6.45, 7) is 8.48. The molecule has 1 aliphatic rings. The van der Waals surface area contributed by atoms with Crippen LogP contribution in [-0.2, 0) is 0 Å². The summed E-state index contributed by atoms with van der Waals surface area (Å²) in [5.41, 5.74) is 3.81. The van der Waals surface area contributed by atoms with E-state index in [0.29, 0.717) is 0 Å². The number of amides is 1. The molecule has 4 rings (SSSR count). The van der Waals surface area contributed by atoms with Crippen molar-refractivity contribution in [2.45, 2.75) is 24.8 Å². The van der Waals surface area contributed by atoms with Crippen molar-refractivity contribution >= 4 is 45.3 Å². The zero-order chi connectivity index (χ0) is 22.0. The molecular formula is C24H29N3OS3. The van der Waals surface area contributed by atoms with E-state index in [0.717, 1.165) is 36.1 Å². The lowest BCUT2D eigenvalue weighted by atomic mass is 9.94. The minimum atomic E-state index is -0.0210. The summed E-state index contributed by atoms with van der Waals surface area (Å²) < 4.78 is 0. The molecular weight excluding hydrogens is 442 g/mol. The van der Waals surface area contributed by atoms with Gasteiger partial charge in [0.25, 0.3) is 5.91 Å². The maximum absolute atomic E-state index is 12.9. The fraction of sp³-hybridized carbons (Fsp3) is 0.375. The van der Waals surface area contributed by atoms with E-state index < -0.39 is 0 Å². The number of benzene rings is 1. The normalized spacial score (nSPS) is 16.4. The van der Waals surface area contributed by atoms with E-state index in [4.69, 9.17) is 0 Å². The van der Waals surface area contributed by atoms with Crippen LogP contribution in [-0.4, -0.2) is 55.2 Å². The molecule has 2 aromatic heterocycles. The van der Waals surface area contributed by atoms with Crippen molar-refractivity contribution in [3.8, 4) is 0 Å². The third kappa shape index (κ3) is 4.91. The number of carbonyl (C=O) groups is 1. The summed E-state index contributed by atoms with van der Waals surface area (Å²) in [7, 11) is 2.19. The second-order valence-corrected chi connectivity index (χ2v) is 11.0. The third-order valence-corrected chi connectivity index (χ3v) is 8.76. The molecule has 1 aromatic carbocycles. The van der Waals surface area contributed by atoms with Gasteiger partial charge in [-0.1, -0.05) is 18.2 Å². The maximum Gasteiger partial charge on any atom is 0.266 e. The van der Waals surface area contributed by atoms with Crippen molar-refractivity contribution in [1.29, 1.82) is 0 Å². The Labute approximate surface area is 197 Å². The smallest absolute Gasteiger partial charge is 0.266 e. The van der Waals surface area contributed by atoms with Gasteiger partial charge in [0.2, 0.25) is 0 Å². The van der Waals surface area contributed by atoms with Gasteiger partial charge >= 0.3 is 0 Å². The summed E-state index contributed by atoms with van der Waals surface area (Å²) >= 11 is 4.94. The van der Waals surface area contributed by atoms with Crippen LogP contribution in [0.2, 0.25) is 0 Å². The Hall–Kier alpha value is -1.64. The number of rotatable bonds is 6. The van der Waals surface area contributed by atoms with Gasteiger partial charge in [-0.05, 0) is 61.9 Å². The molecule has 1 amide bonds. The molecule has 0 aliphatic carbocycles. The first-order valence-corrected chi connectivity index (χ1v) is 13.4. The lowest BCUT2D eigenvalue weighted by molar-refractivity contribution is 0.103. The Morgan fingerprint density at radius 3 is 2.42 bits per heavy atom. The number of carbonyl (C=O) groups excluding carboxylic acids is 1. The van der Waals surface area contributed by atoms with Crippen LogP contribution < -0.4 is 5.32 Å². The van der Waals surface area contributed by atoms with E-state index in [2.05, 4.69) is 66.5 Å². The topological polar surface area (TPSA) is 35.6 Å². The maximum atomic E-state index is 12.9. The predicted octanol–water partition coefficient (Wildman–Crippen LogP) is 5.74. The van der Waals surface area contributed by atoms with Crippen molar-refractivity contribution in [1.82, 2.24) is 9.80 Å². The molecule has 4 nitrogen and oxygen atoms in total. The number of nitrogens with zero attached hydrogens (tertiary/aromatic N) is 2. The van der Waals surface area contributed by atoms with E-state index in [-0.39, 0.29) is 11.9 Å². The van der Waals surface area contributed by atoms with Crippen LogP contribution in [0.1, 0.15) is 37.3 Å². The lowest BCUT2D eigenvalue weighted by Crippen LogP contribution is -2.46. The van der Waals surface area contributed by atoms with Crippen LogP contribution in [0.25, 0.3) is 0 Å². The average molecular weight is 472 g/mol. The van der Waals surface area contributed by atoms with E-state index >= 15 is 0 Å². The fourth-order valence-electron chi connectivity index (χ4n) is 4.07. The highest BCUT2D eigenvalue weighted by Gasteiger charge is 2.31. The summed E-state index contributed by atoms with van der Waals surface area (Å²) in [6, 6.07) is 12.9. The van der Waals surface area contributed by atoms with Crippen LogP contribution >= 0.6 is 34.4 Å². The van der Waals surface area contributed by atoms with Crippen LogP contribution in [0, 0.1) is 13.8 Å². The highest BCUT2D eigenvalue weighted by atomic mass is 32.2. The van der Waals surface area contributed by atoms with Gasteiger partial charge in [0, 0.05) is 41.5 Å². The van der Waals surface area contributed by atoms with Gasteiger partial charge in [-0.25, -0.2) is 0 Å². The Bertz CT molecular complexity index is 1020. The van der Waals surface area contributed by atoms with Gasteiger partial charge in [0.1, 0.15) is 5.00 Å². The summed E-state index contributed by atoms with van der Waals surface area (Å²) in [5.74, 6) is -0.0210. The Morgan fingerprint density at radius 2 is 1.81 bits per heavy atom. The molecule has 0 saturated carbocycles. The Balaban J connectivity index is 1.75. The molecule has 164 valence electrons. The first kappa shape index (κ1) is 22.6. The van der Waals surface area contributed by atoms with E-state index in [9.17, 15) is 4.79 Å². The number of anilines is 1.